The van der Waals surface area contributed by atoms with Gasteiger partial charge >= 0.3 is 6.03 Å². The summed E-state index contributed by atoms with van der Waals surface area (Å²) in [4.78, 5) is 16.5. The third-order valence-corrected chi connectivity index (χ3v) is 4.45. The van der Waals surface area contributed by atoms with Crippen molar-refractivity contribution in [2.75, 3.05) is 39.3 Å². The van der Waals surface area contributed by atoms with Gasteiger partial charge in [-0.2, -0.15) is 5.10 Å². The minimum absolute atomic E-state index is 0.0428. The van der Waals surface area contributed by atoms with Crippen LogP contribution in [0.3, 0.4) is 0 Å². The normalized spacial score (nSPS) is 15.5. The van der Waals surface area contributed by atoms with Crippen molar-refractivity contribution >= 4 is 6.03 Å². The number of likely N-dealkylation sites (N-methyl/N-ethyl adjacent to an activating group) is 1. The number of piperazine rings is 1. The second kappa shape index (κ2) is 7.97. The summed E-state index contributed by atoms with van der Waals surface area (Å²) in [6.45, 7) is 7.40. The number of para-hydroxylation sites is 1. The molecule has 128 valence electrons. The van der Waals surface area contributed by atoms with Gasteiger partial charge in [0.1, 0.15) is 0 Å². The van der Waals surface area contributed by atoms with E-state index in [2.05, 4.69) is 22.2 Å². The second-order valence-corrected chi connectivity index (χ2v) is 6.03. The molecule has 0 spiro atoms. The standard InChI is InChI=1S/C18H25N5O/c1-2-21-10-12-22(13-11-21)18(24)19-9-8-16-14-20-23(15-16)17-6-4-3-5-7-17/h3-7,14-15H,2,8-13H2,1H3,(H,19,24). The van der Waals surface area contributed by atoms with Crippen LogP contribution < -0.4 is 5.32 Å². The van der Waals surface area contributed by atoms with Gasteiger partial charge in [-0.15, -0.1) is 0 Å². The van der Waals surface area contributed by atoms with Gasteiger partial charge in [0.25, 0.3) is 0 Å². The molecule has 2 heterocycles. The van der Waals surface area contributed by atoms with Crippen LogP contribution in [-0.2, 0) is 6.42 Å². The topological polar surface area (TPSA) is 53.4 Å². The first-order valence-electron chi connectivity index (χ1n) is 8.60. The van der Waals surface area contributed by atoms with E-state index in [4.69, 9.17) is 0 Å². The third-order valence-electron chi connectivity index (χ3n) is 4.45. The quantitative estimate of drug-likeness (QED) is 0.910. The Morgan fingerprint density at radius 2 is 1.92 bits per heavy atom. The summed E-state index contributed by atoms with van der Waals surface area (Å²) in [7, 11) is 0. The zero-order valence-corrected chi connectivity index (χ0v) is 14.2. The molecule has 1 aromatic heterocycles. The van der Waals surface area contributed by atoms with Crippen LogP contribution in [0.5, 0.6) is 0 Å². The van der Waals surface area contributed by atoms with E-state index in [1.54, 1.807) is 0 Å². The number of carbonyl (C=O) groups excluding carboxylic acids is 1. The zero-order chi connectivity index (χ0) is 16.8. The minimum atomic E-state index is 0.0428. The molecule has 0 unspecified atom stereocenters. The first-order chi connectivity index (χ1) is 11.8. The smallest absolute Gasteiger partial charge is 0.317 e. The molecule has 0 aliphatic carbocycles. The average Bonchev–Trinajstić information content (AvgIpc) is 3.11. The lowest BCUT2D eigenvalue weighted by molar-refractivity contribution is 0.143. The van der Waals surface area contributed by atoms with E-state index >= 15 is 0 Å². The van der Waals surface area contributed by atoms with Crippen LogP contribution >= 0.6 is 0 Å². The molecule has 1 aliphatic heterocycles. The van der Waals surface area contributed by atoms with Crippen molar-refractivity contribution in [2.45, 2.75) is 13.3 Å². The predicted octanol–water partition coefficient (Wildman–Crippen LogP) is 1.76. The Balaban J connectivity index is 1.44. The molecular formula is C18H25N5O. The maximum Gasteiger partial charge on any atom is 0.317 e. The molecule has 0 radical (unpaired) electrons. The van der Waals surface area contributed by atoms with E-state index in [9.17, 15) is 4.79 Å². The van der Waals surface area contributed by atoms with Gasteiger partial charge in [-0.05, 0) is 30.7 Å². The Morgan fingerprint density at radius 1 is 1.17 bits per heavy atom. The highest BCUT2D eigenvalue weighted by Crippen LogP contribution is 2.08. The first kappa shape index (κ1) is 16.5. The lowest BCUT2D eigenvalue weighted by Crippen LogP contribution is -2.51. The number of rotatable bonds is 5. The van der Waals surface area contributed by atoms with Crippen molar-refractivity contribution in [1.29, 1.82) is 0 Å². The van der Waals surface area contributed by atoms with Crippen molar-refractivity contribution in [3.8, 4) is 5.69 Å². The Hall–Kier alpha value is -2.34. The molecule has 0 atom stereocenters. The van der Waals surface area contributed by atoms with E-state index in [1.807, 2.05) is 52.3 Å². The van der Waals surface area contributed by atoms with Crippen molar-refractivity contribution < 1.29 is 4.79 Å². The molecule has 0 saturated carbocycles. The molecule has 1 N–H and O–H groups in total. The van der Waals surface area contributed by atoms with E-state index in [-0.39, 0.29) is 6.03 Å². The molecule has 24 heavy (non-hydrogen) atoms. The number of hydrogen-bond acceptors (Lipinski definition) is 3. The predicted molar refractivity (Wildman–Crippen MR) is 94.4 cm³/mol. The molecule has 1 aliphatic rings. The van der Waals surface area contributed by atoms with E-state index < -0.39 is 0 Å². The van der Waals surface area contributed by atoms with Crippen molar-refractivity contribution in [1.82, 2.24) is 24.9 Å². The van der Waals surface area contributed by atoms with Crippen molar-refractivity contribution in [3.05, 3.63) is 48.3 Å². The number of carbonyl (C=O) groups is 1. The molecule has 1 saturated heterocycles. The SMILES string of the molecule is CCN1CCN(C(=O)NCCc2cnn(-c3ccccc3)c2)CC1. The number of nitrogens with one attached hydrogen (secondary N) is 1. The van der Waals surface area contributed by atoms with Crippen LogP contribution in [0.2, 0.25) is 0 Å². The molecule has 6 nitrogen and oxygen atoms in total. The largest absolute Gasteiger partial charge is 0.338 e. The van der Waals surface area contributed by atoms with Crippen LogP contribution in [0, 0.1) is 0 Å². The van der Waals surface area contributed by atoms with Gasteiger partial charge in [-0.25, -0.2) is 9.48 Å². The van der Waals surface area contributed by atoms with Crippen LogP contribution in [-0.4, -0.2) is 64.9 Å². The van der Waals surface area contributed by atoms with Gasteiger partial charge in [0.15, 0.2) is 0 Å². The number of benzene rings is 1. The Labute approximate surface area is 143 Å². The lowest BCUT2D eigenvalue weighted by Gasteiger charge is -2.33. The van der Waals surface area contributed by atoms with Crippen molar-refractivity contribution in [3.63, 3.8) is 0 Å². The van der Waals surface area contributed by atoms with E-state index in [0.717, 1.165) is 50.4 Å². The number of nitrogens with zero attached hydrogens (tertiary/aromatic N) is 4. The molecule has 2 amide bonds. The second-order valence-electron chi connectivity index (χ2n) is 6.03. The Morgan fingerprint density at radius 3 is 2.62 bits per heavy atom. The van der Waals surface area contributed by atoms with E-state index in [0.29, 0.717) is 6.54 Å². The fraction of sp³-hybridized carbons (Fsp3) is 0.444. The molecular weight excluding hydrogens is 302 g/mol. The fourth-order valence-corrected chi connectivity index (χ4v) is 2.90. The van der Waals surface area contributed by atoms with Crippen LogP contribution in [0.15, 0.2) is 42.7 Å². The fourth-order valence-electron chi connectivity index (χ4n) is 2.90. The lowest BCUT2D eigenvalue weighted by atomic mass is 10.2. The molecule has 1 aromatic carbocycles. The highest BCUT2D eigenvalue weighted by Gasteiger charge is 2.19. The third kappa shape index (κ3) is 4.14. The highest BCUT2D eigenvalue weighted by atomic mass is 16.2. The molecule has 0 bridgehead atoms. The summed E-state index contributed by atoms with van der Waals surface area (Å²) < 4.78 is 1.86. The number of aromatic nitrogens is 2. The summed E-state index contributed by atoms with van der Waals surface area (Å²) in [5, 5.41) is 7.39. The monoisotopic (exact) mass is 327 g/mol. The van der Waals surface area contributed by atoms with Crippen molar-refractivity contribution in [2.24, 2.45) is 0 Å². The molecule has 1 fully saturated rings. The number of amides is 2. The summed E-state index contributed by atoms with van der Waals surface area (Å²) >= 11 is 0. The summed E-state index contributed by atoms with van der Waals surface area (Å²) in [5.74, 6) is 0. The Kier molecular flexibility index (Phi) is 5.48. The first-order valence-corrected chi connectivity index (χ1v) is 8.60. The number of hydrogen-bond donors (Lipinski definition) is 1. The summed E-state index contributed by atoms with van der Waals surface area (Å²) in [6.07, 6.45) is 4.66. The van der Waals surface area contributed by atoms with E-state index in [1.165, 1.54) is 0 Å². The molecule has 6 heteroatoms. The minimum Gasteiger partial charge on any atom is -0.338 e. The van der Waals surface area contributed by atoms with Gasteiger partial charge in [-0.1, -0.05) is 25.1 Å². The Bertz CT molecular complexity index is 646. The van der Waals surface area contributed by atoms with Crippen LogP contribution in [0.1, 0.15) is 12.5 Å². The maximum absolute atomic E-state index is 12.2. The molecule has 3 rings (SSSR count). The highest BCUT2D eigenvalue weighted by molar-refractivity contribution is 5.74. The van der Waals surface area contributed by atoms with Gasteiger partial charge in [0, 0.05) is 38.9 Å². The van der Waals surface area contributed by atoms with Crippen LogP contribution in [0.4, 0.5) is 4.79 Å². The maximum atomic E-state index is 12.2. The summed E-state index contributed by atoms with van der Waals surface area (Å²) in [6, 6.07) is 10.1. The van der Waals surface area contributed by atoms with Gasteiger partial charge in [0.05, 0.1) is 11.9 Å². The van der Waals surface area contributed by atoms with Crippen LogP contribution in [0.25, 0.3) is 5.69 Å². The summed E-state index contributed by atoms with van der Waals surface area (Å²) in [5.41, 5.74) is 2.16. The average molecular weight is 327 g/mol. The number of urea groups is 1. The van der Waals surface area contributed by atoms with Gasteiger partial charge < -0.3 is 15.1 Å². The van der Waals surface area contributed by atoms with Gasteiger partial charge in [-0.3, -0.25) is 0 Å². The molecule has 2 aromatic rings. The van der Waals surface area contributed by atoms with Gasteiger partial charge in [0.2, 0.25) is 0 Å². The zero-order valence-electron chi connectivity index (χ0n) is 14.2.